The Hall–Kier alpha value is -0.290. The van der Waals surface area contributed by atoms with Crippen molar-refractivity contribution < 1.29 is 13.2 Å². The van der Waals surface area contributed by atoms with Gasteiger partial charge < -0.3 is 5.32 Å². The predicted molar refractivity (Wildman–Crippen MR) is 67.6 cm³/mol. The molecular formula is C13H25F3N2. The third kappa shape index (κ3) is 5.57. The summed E-state index contributed by atoms with van der Waals surface area (Å²) in [6.45, 7) is 8.78. The molecule has 0 saturated carbocycles. The van der Waals surface area contributed by atoms with Gasteiger partial charge in [-0.2, -0.15) is 13.2 Å². The largest absolute Gasteiger partial charge is 0.389 e. The molecule has 1 heterocycles. The van der Waals surface area contributed by atoms with Crippen LogP contribution in [-0.2, 0) is 0 Å². The van der Waals surface area contributed by atoms with E-state index in [0.717, 1.165) is 19.5 Å². The van der Waals surface area contributed by atoms with Crippen LogP contribution in [-0.4, -0.2) is 42.8 Å². The van der Waals surface area contributed by atoms with Gasteiger partial charge in [-0.15, -0.1) is 0 Å². The lowest BCUT2D eigenvalue weighted by molar-refractivity contribution is -0.136. The average Bonchev–Trinajstić information content (AvgIpc) is 2.40. The molecule has 0 aliphatic carbocycles. The van der Waals surface area contributed by atoms with E-state index in [-0.39, 0.29) is 6.42 Å². The minimum Gasteiger partial charge on any atom is -0.312 e. The number of hydrogen-bond acceptors (Lipinski definition) is 2. The highest BCUT2D eigenvalue weighted by Crippen LogP contribution is 2.22. The second kappa shape index (κ2) is 6.75. The highest BCUT2D eigenvalue weighted by Gasteiger charge is 2.28. The second-order valence-corrected chi connectivity index (χ2v) is 5.66. The summed E-state index contributed by atoms with van der Waals surface area (Å²) in [6.07, 6.45) is -3.48. The minimum absolute atomic E-state index is 0.207. The molecule has 0 radical (unpaired) electrons. The van der Waals surface area contributed by atoms with Gasteiger partial charge in [0.2, 0.25) is 0 Å². The fourth-order valence-electron chi connectivity index (χ4n) is 2.40. The predicted octanol–water partition coefficient (Wildman–Crippen LogP) is 3.04. The molecule has 0 spiro atoms. The molecule has 18 heavy (non-hydrogen) atoms. The Morgan fingerprint density at radius 3 is 2.56 bits per heavy atom. The van der Waals surface area contributed by atoms with Crippen molar-refractivity contribution >= 4 is 0 Å². The molecule has 1 fully saturated rings. The van der Waals surface area contributed by atoms with E-state index in [0.29, 0.717) is 24.5 Å². The molecular weight excluding hydrogens is 241 g/mol. The van der Waals surface area contributed by atoms with Gasteiger partial charge in [0.15, 0.2) is 0 Å². The third-order valence-corrected chi connectivity index (χ3v) is 3.73. The molecule has 0 aromatic rings. The standard InChI is InChI=1S/C13H25F3N2/c1-10(2)12-9-18(11(3)5-7-17-12)8-4-6-13(14,15)16/h10-12,17H,4-9H2,1-3H3. The number of alkyl halides is 3. The molecule has 108 valence electrons. The van der Waals surface area contributed by atoms with Crippen LogP contribution in [0.1, 0.15) is 40.0 Å². The fraction of sp³-hybridized carbons (Fsp3) is 1.00. The number of nitrogens with one attached hydrogen (secondary N) is 1. The van der Waals surface area contributed by atoms with Crippen molar-refractivity contribution in [3.05, 3.63) is 0 Å². The molecule has 0 bridgehead atoms. The maximum Gasteiger partial charge on any atom is 0.389 e. The summed E-state index contributed by atoms with van der Waals surface area (Å²) in [4.78, 5) is 2.20. The zero-order chi connectivity index (χ0) is 13.8. The van der Waals surface area contributed by atoms with E-state index in [9.17, 15) is 13.2 Å². The number of rotatable bonds is 4. The third-order valence-electron chi connectivity index (χ3n) is 3.73. The number of hydrogen-bond donors (Lipinski definition) is 1. The summed E-state index contributed by atoms with van der Waals surface area (Å²) in [6, 6.07) is 0.760. The summed E-state index contributed by atoms with van der Waals surface area (Å²) in [7, 11) is 0. The molecule has 0 amide bonds. The van der Waals surface area contributed by atoms with Crippen molar-refractivity contribution in [2.45, 2.75) is 58.3 Å². The summed E-state index contributed by atoms with van der Waals surface area (Å²) in [5.41, 5.74) is 0. The van der Waals surface area contributed by atoms with Crippen LogP contribution < -0.4 is 5.32 Å². The molecule has 2 atom stereocenters. The van der Waals surface area contributed by atoms with Gasteiger partial charge in [0.25, 0.3) is 0 Å². The molecule has 1 aliphatic rings. The van der Waals surface area contributed by atoms with Crippen LogP contribution in [0.4, 0.5) is 13.2 Å². The smallest absolute Gasteiger partial charge is 0.312 e. The molecule has 2 unspecified atom stereocenters. The Labute approximate surface area is 108 Å². The van der Waals surface area contributed by atoms with Crippen LogP contribution >= 0.6 is 0 Å². The molecule has 1 saturated heterocycles. The molecule has 1 rings (SSSR count). The normalized spacial score (nSPS) is 27.5. The Morgan fingerprint density at radius 1 is 1.33 bits per heavy atom. The van der Waals surface area contributed by atoms with E-state index >= 15 is 0 Å². The van der Waals surface area contributed by atoms with Crippen molar-refractivity contribution in [2.24, 2.45) is 5.92 Å². The van der Waals surface area contributed by atoms with Crippen LogP contribution in [0, 0.1) is 5.92 Å². The molecule has 2 nitrogen and oxygen atoms in total. The highest BCUT2D eigenvalue weighted by atomic mass is 19.4. The molecule has 0 aromatic heterocycles. The Bertz CT molecular complexity index is 241. The Balaban J connectivity index is 2.44. The molecule has 1 N–H and O–H groups in total. The molecule has 0 aromatic carbocycles. The molecule has 5 heteroatoms. The summed E-state index contributed by atoms with van der Waals surface area (Å²) < 4.78 is 36.5. The van der Waals surface area contributed by atoms with Crippen molar-refractivity contribution in [3.63, 3.8) is 0 Å². The summed E-state index contributed by atoms with van der Waals surface area (Å²) in [5.74, 6) is 0.514. The first-order valence-electron chi connectivity index (χ1n) is 6.84. The monoisotopic (exact) mass is 266 g/mol. The van der Waals surface area contributed by atoms with E-state index in [1.165, 1.54) is 0 Å². The topological polar surface area (TPSA) is 15.3 Å². The van der Waals surface area contributed by atoms with Crippen molar-refractivity contribution in [1.29, 1.82) is 0 Å². The van der Waals surface area contributed by atoms with Gasteiger partial charge in [0, 0.05) is 25.0 Å². The van der Waals surface area contributed by atoms with Crippen LogP contribution in [0.25, 0.3) is 0 Å². The van der Waals surface area contributed by atoms with Crippen molar-refractivity contribution in [3.8, 4) is 0 Å². The van der Waals surface area contributed by atoms with E-state index < -0.39 is 12.6 Å². The van der Waals surface area contributed by atoms with Crippen molar-refractivity contribution in [1.82, 2.24) is 10.2 Å². The van der Waals surface area contributed by atoms with Gasteiger partial charge in [0.1, 0.15) is 0 Å². The Morgan fingerprint density at radius 2 is 2.00 bits per heavy atom. The first kappa shape index (κ1) is 15.8. The van der Waals surface area contributed by atoms with E-state index in [2.05, 4.69) is 31.0 Å². The lowest BCUT2D eigenvalue weighted by Gasteiger charge is -2.30. The van der Waals surface area contributed by atoms with Crippen LogP contribution in [0.3, 0.4) is 0 Å². The van der Waals surface area contributed by atoms with Gasteiger partial charge in [-0.05, 0) is 38.8 Å². The van der Waals surface area contributed by atoms with E-state index in [4.69, 9.17) is 0 Å². The maximum absolute atomic E-state index is 12.2. The first-order chi connectivity index (χ1) is 8.29. The van der Waals surface area contributed by atoms with Crippen molar-refractivity contribution in [2.75, 3.05) is 19.6 Å². The van der Waals surface area contributed by atoms with Gasteiger partial charge in [-0.1, -0.05) is 13.8 Å². The zero-order valence-electron chi connectivity index (χ0n) is 11.6. The minimum atomic E-state index is -4.02. The number of halogens is 3. The molecule has 1 aliphatic heterocycles. The van der Waals surface area contributed by atoms with Crippen LogP contribution in [0.2, 0.25) is 0 Å². The SMILES string of the molecule is CC(C)C1CN(CCCC(F)(F)F)C(C)CCN1. The van der Waals surface area contributed by atoms with Crippen LogP contribution in [0.15, 0.2) is 0 Å². The zero-order valence-corrected chi connectivity index (χ0v) is 11.6. The second-order valence-electron chi connectivity index (χ2n) is 5.66. The highest BCUT2D eigenvalue weighted by molar-refractivity contribution is 4.82. The van der Waals surface area contributed by atoms with Gasteiger partial charge in [-0.25, -0.2) is 0 Å². The van der Waals surface area contributed by atoms with Crippen LogP contribution in [0.5, 0.6) is 0 Å². The van der Waals surface area contributed by atoms with E-state index in [1.54, 1.807) is 0 Å². The first-order valence-corrected chi connectivity index (χ1v) is 6.84. The van der Waals surface area contributed by atoms with Gasteiger partial charge >= 0.3 is 6.18 Å². The lowest BCUT2D eigenvalue weighted by Crippen LogP contribution is -2.43. The summed E-state index contributed by atoms with van der Waals surface area (Å²) in [5, 5.41) is 3.48. The lowest BCUT2D eigenvalue weighted by atomic mass is 10.0. The average molecular weight is 266 g/mol. The summed E-state index contributed by atoms with van der Waals surface area (Å²) >= 11 is 0. The number of nitrogens with zero attached hydrogens (tertiary/aromatic N) is 1. The fourth-order valence-corrected chi connectivity index (χ4v) is 2.40. The van der Waals surface area contributed by atoms with Gasteiger partial charge in [-0.3, -0.25) is 4.90 Å². The Kier molecular flexibility index (Phi) is 5.92. The quantitative estimate of drug-likeness (QED) is 0.841. The maximum atomic E-state index is 12.2. The van der Waals surface area contributed by atoms with E-state index in [1.807, 2.05) is 0 Å². The van der Waals surface area contributed by atoms with Gasteiger partial charge in [0.05, 0.1) is 0 Å².